The van der Waals surface area contributed by atoms with Crippen LogP contribution in [0.4, 0.5) is 0 Å². The Morgan fingerprint density at radius 2 is 1.51 bits per heavy atom. The average Bonchev–Trinajstić information content (AvgIpc) is 3.70. The molecule has 1 aliphatic rings. The molecule has 5 aromatic rings. The minimum absolute atomic E-state index is 0.157. The summed E-state index contributed by atoms with van der Waals surface area (Å²) < 4.78 is 12.5. The molecule has 8 heteroatoms. The number of rotatable bonds is 10. The summed E-state index contributed by atoms with van der Waals surface area (Å²) in [6.07, 6.45) is 2.04. The zero-order valence-electron chi connectivity index (χ0n) is 26.7. The molecule has 238 valence electrons. The van der Waals surface area contributed by atoms with Crippen LogP contribution < -0.4 is 4.74 Å². The Bertz CT molecular complexity index is 1990. The number of carboxylic acids is 1. The molecule has 0 saturated heterocycles. The standard InChI is InChI=1S/C39H36N2O6/c1-40(37(42)28-16-19-30(46-2)20-17-28)24-35-36(31-10-7-11-32(31)39(45)47-3)33-21-18-29(38(43)44)22-34(33)41(35)23-25-12-14-27(15-13-25)26-8-5-4-6-9-26/h4-6,8-9,12-22H,7,10-11,23-24H2,1-3H3,(H,43,44). The molecule has 1 aliphatic carbocycles. The molecule has 0 unspecified atom stereocenters. The number of carboxylic acid groups (broad SMARTS) is 1. The van der Waals surface area contributed by atoms with Gasteiger partial charge in [0.2, 0.25) is 0 Å². The van der Waals surface area contributed by atoms with Gasteiger partial charge in [0.15, 0.2) is 0 Å². The van der Waals surface area contributed by atoms with E-state index in [1.54, 1.807) is 55.5 Å². The number of nitrogens with zero attached hydrogens (tertiary/aromatic N) is 2. The molecule has 6 rings (SSSR count). The minimum Gasteiger partial charge on any atom is -0.497 e. The number of carbonyl (C=O) groups excluding carboxylic acids is 2. The lowest BCUT2D eigenvalue weighted by Crippen LogP contribution is -2.28. The molecule has 0 bridgehead atoms. The SMILES string of the molecule is COC(=O)C1=C(c2c(CN(C)C(=O)c3ccc(OC)cc3)n(Cc3ccc(-c4ccccc4)cc3)c3cc(C(=O)O)ccc23)CCC1. The van der Waals surface area contributed by atoms with E-state index in [1.807, 2.05) is 24.3 Å². The maximum Gasteiger partial charge on any atom is 0.335 e. The third-order valence-corrected chi connectivity index (χ3v) is 8.84. The number of amides is 1. The maximum atomic E-state index is 13.7. The van der Waals surface area contributed by atoms with Gasteiger partial charge in [0, 0.05) is 41.4 Å². The van der Waals surface area contributed by atoms with Crippen molar-refractivity contribution in [2.75, 3.05) is 21.3 Å². The molecule has 4 aromatic carbocycles. The van der Waals surface area contributed by atoms with Crippen molar-refractivity contribution in [3.63, 3.8) is 0 Å². The van der Waals surface area contributed by atoms with Gasteiger partial charge in [-0.25, -0.2) is 9.59 Å². The lowest BCUT2D eigenvalue weighted by molar-refractivity contribution is -0.136. The van der Waals surface area contributed by atoms with Gasteiger partial charge < -0.3 is 24.0 Å². The zero-order valence-corrected chi connectivity index (χ0v) is 26.7. The molecule has 0 spiro atoms. The number of hydrogen-bond donors (Lipinski definition) is 1. The zero-order chi connectivity index (χ0) is 33.1. The lowest BCUT2D eigenvalue weighted by Gasteiger charge is -2.21. The number of ether oxygens (including phenoxy) is 2. The Morgan fingerprint density at radius 3 is 2.17 bits per heavy atom. The molecule has 8 nitrogen and oxygen atoms in total. The van der Waals surface area contributed by atoms with Gasteiger partial charge in [0.05, 0.1) is 31.8 Å². The molecule has 1 amide bonds. The number of carbonyl (C=O) groups is 3. The fourth-order valence-corrected chi connectivity index (χ4v) is 6.45. The van der Waals surface area contributed by atoms with Crippen LogP contribution in [-0.4, -0.2) is 53.7 Å². The third-order valence-electron chi connectivity index (χ3n) is 8.84. The van der Waals surface area contributed by atoms with Crippen LogP contribution >= 0.6 is 0 Å². The number of fused-ring (bicyclic) bond motifs is 1. The summed E-state index contributed by atoms with van der Waals surface area (Å²) in [7, 11) is 4.71. The summed E-state index contributed by atoms with van der Waals surface area (Å²) in [6.45, 7) is 0.646. The highest BCUT2D eigenvalue weighted by atomic mass is 16.5. The second-order valence-electron chi connectivity index (χ2n) is 11.7. The van der Waals surface area contributed by atoms with Crippen LogP contribution in [0.3, 0.4) is 0 Å². The largest absolute Gasteiger partial charge is 0.497 e. The third kappa shape index (κ3) is 6.27. The summed E-state index contributed by atoms with van der Waals surface area (Å²) in [5.74, 6) is -0.923. The van der Waals surface area contributed by atoms with Crippen LogP contribution in [0.25, 0.3) is 27.6 Å². The van der Waals surface area contributed by atoms with E-state index < -0.39 is 5.97 Å². The van der Waals surface area contributed by atoms with E-state index in [2.05, 4.69) is 41.0 Å². The highest BCUT2D eigenvalue weighted by molar-refractivity contribution is 6.06. The molecule has 47 heavy (non-hydrogen) atoms. The molecule has 0 fully saturated rings. The first-order valence-corrected chi connectivity index (χ1v) is 15.5. The summed E-state index contributed by atoms with van der Waals surface area (Å²) in [4.78, 5) is 40.5. The van der Waals surface area contributed by atoms with E-state index in [9.17, 15) is 19.5 Å². The second kappa shape index (κ2) is 13.4. The lowest BCUT2D eigenvalue weighted by atomic mass is 9.97. The Hall–Kier alpha value is -5.63. The highest BCUT2D eigenvalue weighted by Crippen LogP contribution is 2.42. The quantitative estimate of drug-likeness (QED) is 0.161. The smallest absolute Gasteiger partial charge is 0.335 e. The van der Waals surface area contributed by atoms with Crippen LogP contribution in [-0.2, 0) is 22.6 Å². The first kappa shape index (κ1) is 31.4. The fraction of sp³-hybridized carbons (Fsp3) is 0.205. The van der Waals surface area contributed by atoms with Gasteiger partial charge in [-0.2, -0.15) is 0 Å². The fourth-order valence-electron chi connectivity index (χ4n) is 6.45. The Kier molecular flexibility index (Phi) is 8.93. The van der Waals surface area contributed by atoms with Crippen molar-refractivity contribution in [1.82, 2.24) is 9.47 Å². The minimum atomic E-state index is -1.03. The molecular weight excluding hydrogens is 592 g/mol. The van der Waals surface area contributed by atoms with E-state index in [0.717, 1.165) is 50.8 Å². The second-order valence-corrected chi connectivity index (χ2v) is 11.7. The van der Waals surface area contributed by atoms with E-state index in [-0.39, 0.29) is 24.0 Å². The van der Waals surface area contributed by atoms with Gasteiger partial charge in [-0.05, 0) is 77.9 Å². The number of benzene rings is 4. The molecule has 0 radical (unpaired) electrons. The van der Waals surface area contributed by atoms with Crippen LogP contribution in [0.5, 0.6) is 5.75 Å². The first-order chi connectivity index (χ1) is 22.8. The number of aromatic carboxylic acids is 1. The Morgan fingerprint density at radius 1 is 0.830 bits per heavy atom. The monoisotopic (exact) mass is 628 g/mol. The molecule has 0 aliphatic heterocycles. The van der Waals surface area contributed by atoms with Crippen molar-refractivity contribution in [2.45, 2.75) is 32.4 Å². The Labute approximate surface area is 273 Å². The van der Waals surface area contributed by atoms with Crippen molar-refractivity contribution < 1.29 is 29.0 Å². The van der Waals surface area contributed by atoms with Gasteiger partial charge in [0.25, 0.3) is 5.91 Å². The van der Waals surface area contributed by atoms with E-state index in [1.165, 1.54) is 7.11 Å². The van der Waals surface area contributed by atoms with Gasteiger partial charge in [0.1, 0.15) is 5.75 Å². The molecule has 0 saturated carbocycles. The number of allylic oxidation sites excluding steroid dienone is 1. The molecule has 1 heterocycles. The predicted octanol–water partition coefficient (Wildman–Crippen LogP) is 7.45. The van der Waals surface area contributed by atoms with Crippen molar-refractivity contribution in [1.29, 1.82) is 0 Å². The van der Waals surface area contributed by atoms with Crippen molar-refractivity contribution >= 4 is 34.3 Å². The van der Waals surface area contributed by atoms with Crippen LogP contribution in [0.1, 0.15) is 56.8 Å². The predicted molar refractivity (Wildman–Crippen MR) is 181 cm³/mol. The van der Waals surface area contributed by atoms with Crippen molar-refractivity contribution in [3.05, 3.63) is 131 Å². The number of hydrogen-bond acceptors (Lipinski definition) is 5. The van der Waals surface area contributed by atoms with Gasteiger partial charge in [-0.15, -0.1) is 0 Å². The topological polar surface area (TPSA) is 98.1 Å². The normalized spacial score (nSPS) is 12.7. The maximum absolute atomic E-state index is 13.7. The van der Waals surface area contributed by atoms with Gasteiger partial charge in [-0.1, -0.05) is 60.7 Å². The average molecular weight is 629 g/mol. The summed E-state index contributed by atoms with van der Waals surface area (Å²) in [6, 6.07) is 30.5. The van der Waals surface area contributed by atoms with E-state index in [0.29, 0.717) is 36.3 Å². The van der Waals surface area contributed by atoms with Crippen molar-refractivity contribution in [3.8, 4) is 16.9 Å². The summed E-state index contributed by atoms with van der Waals surface area (Å²) in [5.41, 5.74) is 7.76. The number of methoxy groups -OCH3 is 2. The summed E-state index contributed by atoms with van der Waals surface area (Å²) in [5, 5.41) is 10.8. The van der Waals surface area contributed by atoms with Crippen LogP contribution in [0.15, 0.2) is 103 Å². The summed E-state index contributed by atoms with van der Waals surface area (Å²) >= 11 is 0. The molecule has 1 aromatic heterocycles. The van der Waals surface area contributed by atoms with Gasteiger partial charge in [-0.3, -0.25) is 4.79 Å². The van der Waals surface area contributed by atoms with E-state index >= 15 is 0 Å². The number of esters is 1. The van der Waals surface area contributed by atoms with Crippen molar-refractivity contribution in [2.24, 2.45) is 0 Å². The van der Waals surface area contributed by atoms with Crippen LogP contribution in [0.2, 0.25) is 0 Å². The highest BCUT2D eigenvalue weighted by Gasteiger charge is 2.30. The van der Waals surface area contributed by atoms with Crippen LogP contribution in [0, 0.1) is 0 Å². The Balaban J connectivity index is 1.51. The molecular formula is C39H36N2O6. The molecule has 0 atom stereocenters. The van der Waals surface area contributed by atoms with Gasteiger partial charge >= 0.3 is 11.9 Å². The molecule has 1 N–H and O–H groups in total. The first-order valence-electron chi connectivity index (χ1n) is 15.5. The number of aromatic nitrogens is 1. The van der Waals surface area contributed by atoms with E-state index in [4.69, 9.17) is 9.47 Å².